The number of hydrogen-bond acceptors (Lipinski definition) is 4. The van der Waals surface area contributed by atoms with Crippen molar-refractivity contribution in [3.8, 4) is 0 Å². The molecule has 1 amide bonds. The van der Waals surface area contributed by atoms with Crippen LogP contribution in [-0.2, 0) is 16.4 Å². The van der Waals surface area contributed by atoms with Gasteiger partial charge in [0, 0.05) is 16.8 Å². The highest BCUT2D eigenvalue weighted by Crippen LogP contribution is 2.33. The van der Waals surface area contributed by atoms with Gasteiger partial charge in [-0.15, -0.1) is 0 Å². The summed E-state index contributed by atoms with van der Waals surface area (Å²) in [5.41, 5.74) is 2.42. The van der Waals surface area contributed by atoms with Crippen molar-refractivity contribution in [2.75, 3.05) is 7.05 Å². The van der Waals surface area contributed by atoms with Crippen molar-refractivity contribution >= 4 is 27.5 Å². The highest BCUT2D eigenvalue weighted by Gasteiger charge is 2.25. The zero-order valence-corrected chi connectivity index (χ0v) is 14.5. The largest absolute Gasteiger partial charge is 0.345 e. The standard InChI is InChI=1S/C16H16ClN3O3S/c1-18-24(22,23)15-9-11(6-7-19-15)16(21)20-14-5-2-10-8-12(17)3-4-13(10)14/h3-4,6-9,14,18H,2,5H2,1H3,(H,20,21)/t14-/m1/s1. The molecule has 6 nitrogen and oxygen atoms in total. The van der Waals surface area contributed by atoms with E-state index in [1.54, 1.807) is 6.07 Å². The van der Waals surface area contributed by atoms with Gasteiger partial charge >= 0.3 is 0 Å². The molecule has 0 aliphatic heterocycles. The van der Waals surface area contributed by atoms with Crippen LogP contribution in [0.25, 0.3) is 0 Å². The molecule has 8 heteroatoms. The Morgan fingerprint density at radius 1 is 1.29 bits per heavy atom. The Bertz CT molecular complexity index is 899. The van der Waals surface area contributed by atoms with E-state index in [9.17, 15) is 13.2 Å². The van der Waals surface area contributed by atoms with E-state index in [2.05, 4.69) is 15.0 Å². The molecule has 1 heterocycles. The second kappa shape index (κ2) is 6.51. The van der Waals surface area contributed by atoms with E-state index in [-0.39, 0.29) is 22.5 Å². The third kappa shape index (κ3) is 3.28. The van der Waals surface area contributed by atoms with Gasteiger partial charge in [0.15, 0.2) is 5.03 Å². The van der Waals surface area contributed by atoms with Gasteiger partial charge in [-0.3, -0.25) is 4.79 Å². The smallest absolute Gasteiger partial charge is 0.257 e. The van der Waals surface area contributed by atoms with Gasteiger partial charge in [-0.25, -0.2) is 18.1 Å². The van der Waals surface area contributed by atoms with Gasteiger partial charge in [-0.2, -0.15) is 0 Å². The second-order valence-electron chi connectivity index (χ2n) is 5.50. The van der Waals surface area contributed by atoms with Crippen LogP contribution in [0.1, 0.15) is 33.9 Å². The van der Waals surface area contributed by atoms with E-state index in [1.165, 1.54) is 25.4 Å². The number of sulfonamides is 1. The fourth-order valence-corrected chi connectivity index (χ4v) is 3.67. The zero-order chi connectivity index (χ0) is 17.3. The molecule has 0 fully saturated rings. The molecule has 0 radical (unpaired) electrons. The third-order valence-electron chi connectivity index (χ3n) is 4.03. The van der Waals surface area contributed by atoms with Crippen molar-refractivity contribution in [2.24, 2.45) is 0 Å². The zero-order valence-electron chi connectivity index (χ0n) is 12.9. The molecule has 1 aliphatic carbocycles. The molecule has 1 aromatic carbocycles. The van der Waals surface area contributed by atoms with Crippen molar-refractivity contribution in [1.29, 1.82) is 0 Å². The average Bonchev–Trinajstić information content (AvgIpc) is 2.96. The second-order valence-corrected chi connectivity index (χ2v) is 7.77. The molecule has 1 aliphatic rings. The molecule has 24 heavy (non-hydrogen) atoms. The Hall–Kier alpha value is -1.96. The minimum Gasteiger partial charge on any atom is -0.345 e. The molecule has 0 unspecified atom stereocenters. The summed E-state index contributed by atoms with van der Waals surface area (Å²) in [5, 5.41) is 3.44. The minimum atomic E-state index is -3.69. The minimum absolute atomic E-state index is 0.109. The number of carbonyl (C=O) groups is 1. The van der Waals surface area contributed by atoms with Crippen molar-refractivity contribution in [3.05, 3.63) is 58.2 Å². The number of hydrogen-bond donors (Lipinski definition) is 2. The first-order valence-corrected chi connectivity index (χ1v) is 9.25. The topological polar surface area (TPSA) is 88.2 Å². The number of rotatable bonds is 4. The lowest BCUT2D eigenvalue weighted by molar-refractivity contribution is 0.0936. The fraction of sp³-hybridized carbons (Fsp3) is 0.250. The van der Waals surface area contributed by atoms with Gasteiger partial charge in [-0.05, 0) is 55.3 Å². The van der Waals surface area contributed by atoms with Crippen LogP contribution in [0, 0.1) is 0 Å². The van der Waals surface area contributed by atoms with Crippen molar-refractivity contribution in [2.45, 2.75) is 23.9 Å². The lowest BCUT2D eigenvalue weighted by Crippen LogP contribution is -2.28. The maximum Gasteiger partial charge on any atom is 0.257 e. The van der Waals surface area contributed by atoms with Crippen LogP contribution in [0.15, 0.2) is 41.6 Å². The molecule has 1 atom stereocenters. The van der Waals surface area contributed by atoms with E-state index in [4.69, 9.17) is 11.6 Å². The molecule has 126 valence electrons. The number of nitrogens with one attached hydrogen (secondary N) is 2. The van der Waals surface area contributed by atoms with Crippen molar-refractivity contribution in [3.63, 3.8) is 0 Å². The van der Waals surface area contributed by atoms with Gasteiger partial charge in [0.2, 0.25) is 0 Å². The predicted octanol–water partition coefficient (Wildman–Crippen LogP) is 2.06. The summed E-state index contributed by atoms with van der Waals surface area (Å²) in [7, 11) is -2.39. The molecular weight excluding hydrogens is 350 g/mol. The van der Waals surface area contributed by atoms with Gasteiger partial charge in [0.25, 0.3) is 15.9 Å². The number of benzene rings is 1. The molecule has 2 N–H and O–H groups in total. The molecule has 0 saturated carbocycles. The van der Waals surface area contributed by atoms with E-state index < -0.39 is 10.0 Å². The number of aromatic nitrogens is 1. The number of amides is 1. The molecule has 3 rings (SSSR count). The molecular formula is C16H16ClN3O3S. The maximum atomic E-state index is 12.5. The summed E-state index contributed by atoms with van der Waals surface area (Å²) in [4.78, 5) is 16.3. The van der Waals surface area contributed by atoms with Crippen LogP contribution in [0.5, 0.6) is 0 Å². The van der Waals surface area contributed by atoms with Crippen LogP contribution < -0.4 is 10.0 Å². The number of nitrogens with zero attached hydrogens (tertiary/aromatic N) is 1. The van der Waals surface area contributed by atoms with Crippen molar-refractivity contribution < 1.29 is 13.2 Å². The summed E-state index contributed by atoms with van der Waals surface area (Å²) in [5.74, 6) is -0.335. The fourth-order valence-electron chi connectivity index (χ4n) is 2.78. The first-order chi connectivity index (χ1) is 11.4. The molecule has 1 aromatic heterocycles. The average molecular weight is 366 g/mol. The summed E-state index contributed by atoms with van der Waals surface area (Å²) < 4.78 is 25.8. The molecule has 0 bridgehead atoms. The van der Waals surface area contributed by atoms with Crippen molar-refractivity contribution in [1.82, 2.24) is 15.0 Å². The van der Waals surface area contributed by atoms with E-state index in [0.717, 1.165) is 24.0 Å². The highest BCUT2D eigenvalue weighted by molar-refractivity contribution is 7.89. The Labute approximate surface area is 145 Å². The van der Waals surface area contributed by atoms with Crippen LogP contribution in [0.3, 0.4) is 0 Å². The third-order valence-corrected chi connectivity index (χ3v) is 5.58. The highest BCUT2D eigenvalue weighted by atomic mass is 35.5. The maximum absolute atomic E-state index is 12.5. The van der Waals surface area contributed by atoms with E-state index in [0.29, 0.717) is 5.02 Å². The molecule has 0 spiro atoms. The van der Waals surface area contributed by atoms with E-state index in [1.807, 2.05) is 12.1 Å². The lowest BCUT2D eigenvalue weighted by atomic mass is 10.1. The summed E-state index contributed by atoms with van der Waals surface area (Å²) in [6.45, 7) is 0. The van der Waals surface area contributed by atoms with Crippen LogP contribution in [0.4, 0.5) is 0 Å². The van der Waals surface area contributed by atoms with Crippen LogP contribution in [-0.4, -0.2) is 26.4 Å². The normalized spacial score (nSPS) is 16.7. The number of aryl methyl sites for hydroxylation is 1. The van der Waals surface area contributed by atoms with E-state index >= 15 is 0 Å². The lowest BCUT2D eigenvalue weighted by Gasteiger charge is -2.14. The SMILES string of the molecule is CNS(=O)(=O)c1cc(C(=O)N[C@@H]2CCc3cc(Cl)ccc32)ccn1. The van der Waals surface area contributed by atoms with Gasteiger partial charge < -0.3 is 5.32 Å². The summed E-state index contributed by atoms with van der Waals surface area (Å²) >= 11 is 5.99. The Balaban J connectivity index is 1.81. The first kappa shape index (κ1) is 16.9. The van der Waals surface area contributed by atoms with Gasteiger partial charge in [0.05, 0.1) is 6.04 Å². The number of fused-ring (bicyclic) bond motifs is 1. The monoisotopic (exact) mass is 365 g/mol. The number of halogens is 1. The predicted molar refractivity (Wildman–Crippen MR) is 90.5 cm³/mol. The Kier molecular flexibility index (Phi) is 4.58. The Morgan fingerprint density at radius 3 is 2.83 bits per heavy atom. The van der Waals surface area contributed by atoms with Gasteiger partial charge in [0.1, 0.15) is 0 Å². The number of pyridine rings is 1. The Morgan fingerprint density at radius 2 is 2.08 bits per heavy atom. The molecule has 2 aromatic rings. The number of carbonyl (C=O) groups excluding carboxylic acids is 1. The molecule has 0 saturated heterocycles. The first-order valence-electron chi connectivity index (χ1n) is 7.39. The van der Waals surface area contributed by atoms with Crippen LogP contribution >= 0.6 is 11.6 Å². The van der Waals surface area contributed by atoms with Gasteiger partial charge in [-0.1, -0.05) is 17.7 Å². The summed E-state index contributed by atoms with van der Waals surface area (Å²) in [6.07, 6.45) is 2.94. The quantitative estimate of drug-likeness (QED) is 0.868. The summed E-state index contributed by atoms with van der Waals surface area (Å²) in [6, 6.07) is 8.27. The van der Waals surface area contributed by atoms with Crippen LogP contribution in [0.2, 0.25) is 5.02 Å².